The topological polar surface area (TPSA) is 201 Å². The second kappa shape index (κ2) is 18.7. The number of benzene rings is 3. The Morgan fingerprint density at radius 3 is 2.28 bits per heavy atom. The molecule has 4 atom stereocenters. The summed E-state index contributed by atoms with van der Waals surface area (Å²) in [5.41, 5.74) is 8.39. The van der Waals surface area contributed by atoms with Crippen LogP contribution in [0.2, 0.25) is 0 Å². The Morgan fingerprint density at radius 2 is 1.66 bits per heavy atom. The molecule has 1 saturated heterocycles. The highest BCUT2D eigenvalue weighted by Crippen LogP contribution is 2.24. The molecule has 0 bridgehead atoms. The molecule has 1 heterocycles. The summed E-state index contributed by atoms with van der Waals surface area (Å²) in [5, 5.41) is 38.8. The van der Waals surface area contributed by atoms with Crippen molar-refractivity contribution in [2.75, 3.05) is 26.2 Å². The molecular weight excluding hydrogens is 699 g/mol. The van der Waals surface area contributed by atoms with E-state index in [-0.39, 0.29) is 54.7 Å². The number of oxime groups is 2. The molecule has 15 heteroatoms. The smallest absolute Gasteiger partial charge is 0.321 e. The molecule has 0 saturated carbocycles. The molecule has 286 valence electrons. The van der Waals surface area contributed by atoms with E-state index in [4.69, 9.17) is 16.1 Å². The molecule has 4 rings (SSSR count). The molecule has 3 amide bonds. The van der Waals surface area contributed by atoms with Crippen LogP contribution in [-0.4, -0.2) is 106 Å². The minimum absolute atomic E-state index is 0.00902. The molecule has 0 spiro atoms. The highest BCUT2D eigenvalue weighted by Gasteiger charge is 2.41. The number of nitrogens with one attached hydrogen (secondary N) is 1. The number of nitrogens with zero attached hydrogens (tertiary/aromatic N) is 5. The number of hydrogen-bond acceptors (Lipinski definition) is 9. The highest BCUT2D eigenvalue weighted by molar-refractivity contribution is 7.89. The van der Waals surface area contributed by atoms with Crippen molar-refractivity contribution < 1.29 is 33.5 Å². The van der Waals surface area contributed by atoms with Crippen LogP contribution in [-0.2, 0) is 27.8 Å². The lowest BCUT2D eigenvalue weighted by molar-refractivity contribution is -0.128. The largest absolute Gasteiger partial charge is 0.411 e. The summed E-state index contributed by atoms with van der Waals surface area (Å²) in [6.07, 6.45) is 0.675. The first-order valence-corrected chi connectivity index (χ1v) is 19.1. The van der Waals surface area contributed by atoms with E-state index in [2.05, 4.69) is 15.6 Å². The molecule has 1 aliphatic heterocycles. The fourth-order valence-electron chi connectivity index (χ4n) is 6.42. The van der Waals surface area contributed by atoms with Crippen LogP contribution in [0.15, 0.2) is 94.1 Å². The van der Waals surface area contributed by atoms with Gasteiger partial charge in [-0.2, -0.15) is 4.31 Å². The number of aliphatic hydroxyl groups excluding tert-OH is 1. The van der Waals surface area contributed by atoms with E-state index >= 15 is 0 Å². The number of carbonyl (C=O) groups excluding carboxylic acids is 2. The molecule has 0 aromatic heterocycles. The van der Waals surface area contributed by atoms with Crippen LogP contribution in [0.1, 0.15) is 56.4 Å². The molecule has 0 aliphatic carbocycles. The third kappa shape index (κ3) is 10.6. The molecule has 14 nitrogen and oxygen atoms in total. The van der Waals surface area contributed by atoms with Gasteiger partial charge in [-0.3, -0.25) is 4.79 Å². The Labute approximate surface area is 311 Å². The van der Waals surface area contributed by atoms with Gasteiger partial charge in [0.1, 0.15) is 6.04 Å². The average Bonchev–Trinajstić information content (AvgIpc) is 3.49. The first-order valence-electron chi connectivity index (χ1n) is 17.7. The normalized spacial score (nSPS) is 16.4. The average molecular weight is 750 g/mol. The van der Waals surface area contributed by atoms with Crippen molar-refractivity contribution in [3.05, 3.63) is 101 Å². The van der Waals surface area contributed by atoms with Crippen LogP contribution >= 0.6 is 0 Å². The van der Waals surface area contributed by atoms with Crippen LogP contribution in [0.25, 0.3) is 0 Å². The number of hydrogen-bond donors (Lipinski definition) is 5. The van der Waals surface area contributed by atoms with Crippen LogP contribution in [0.3, 0.4) is 0 Å². The third-order valence-electron chi connectivity index (χ3n) is 9.39. The van der Waals surface area contributed by atoms with Gasteiger partial charge in [0.25, 0.3) is 0 Å². The number of amides is 3. The maximum atomic E-state index is 14.3. The van der Waals surface area contributed by atoms with Gasteiger partial charge in [0.2, 0.25) is 15.9 Å². The number of aliphatic hydroxyl groups is 1. The van der Waals surface area contributed by atoms with Gasteiger partial charge in [-0.05, 0) is 53.1 Å². The fourth-order valence-corrected chi connectivity index (χ4v) is 8.04. The van der Waals surface area contributed by atoms with Gasteiger partial charge in [0, 0.05) is 38.3 Å². The van der Waals surface area contributed by atoms with Crippen molar-refractivity contribution in [3.63, 3.8) is 0 Å². The van der Waals surface area contributed by atoms with Crippen molar-refractivity contribution in [2.45, 2.75) is 70.2 Å². The molecule has 1 aliphatic rings. The van der Waals surface area contributed by atoms with E-state index < -0.39 is 34.1 Å². The Kier molecular flexibility index (Phi) is 14.4. The summed E-state index contributed by atoms with van der Waals surface area (Å²) >= 11 is 0. The van der Waals surface area contributed by atoms with E-state index in [1.54, 1.807) is 28.0 Å². The maximum absolute atomic E-state index is 14.3. The number of sulfonamides is 1. The van der Waals surface area contributed by atoms with Crippen molar-refractivity contribution in [2.24, 2.45) is 27.9 Å². The van der Waals surface area contributed by atoms with E-state index in [0.29, 0.717) is 30.6 Å². The highest BCUT2D eigenvalue weighted by atomic mass is 32.2. The number of amidine groups is 1. The first kappa shape index (κ1) is 40.8. The first-order chi connectivity index (χ1) is 25.3. The molecule has 3 aromatic rings. The lowest BCUT2D eigenvalue weighted by Gasteiger charge is -2.35. The Balaban J connectivity index is 1.59. The quantitative estimate of drug-likeness (QED) is 0.0561. The van der Waals surface area contributed by atoms with E-state index in [1.807, 2.05) is 64.1 Å². The minimum atomic E-state index is -4.08. The predicted molar refractivity (Wildman–Crippen MR) is 202 cm³/mol. The van der Waals surface area contributed by atoms with Crippen LogP contribution < -0.4 is 11.1 Å². The third-order valence-corrected chi connectivity index (χ3v) is 11.2. The zero-order valence-electron chi connectivity index (χ0n) is 30.6. The SMILES string of the molecule is CC[C@H](C)[C@@H](C(=O)N[C@@H](Cc1ccccc1)[C@H](O)CN(CC(C)C)S(=O)(=O)c1ccc(/C=N/O)cc1)N1CCN(Cc2cccc(/C(N)=N\O)c2)C1=O. The lowest BCUT2D eigenvalue weighted by Crippen LogP contribution is -2.57. The van der Waals surface area contributed by atoms with E-state index in [9.17, 15) is 23.1 Å². The van der Waals surface area contributed by atoms with E-state index in [1.165, 1.54) is 34.8 Å². The van der Waals surface area contributed by atoms with Gasteiger partial charge in [-0.25, -0.2) is 13.2 Å². The van der Waals surface area contributed by atoms with Gasteiger partial charge in [0.15, 0.2) is 5.84 Å². The van der Waals surface area contributed by atoms with Gasteiger partial charge in [0.05, 0.1) is 23.3 Å². The lowest BCUT2D eigenvalue weighted by atomic mass is 9.95. The minimum Gasteiger partial charge on any atom is -0.411 e. The second-order valence-corrected chi connectivity index (χ2v) is 15.8. The molecule has 53 heavy (non-hydrogen) atoms. The predicted octanol–water partition coefficient (Wildman–Crippen LogP) is 3.68. The number of nitrogens with two attached hydrogens (primary N) is 1. The second-order valence-electron chi connectivity index (χ2n) is 13.8. The van der Waals surface area contributed by atoms with Gasteiger partial charge in [-0.15, -0.1) is 0 Å². The monoisotopic (exact) mass is 749 g/mol. The summed E-state index contributed by atoms with van der Waals surface area (Å²) in [6.45, 7) is 8.34. The standard InChI is InChI=1S/C38H51N7O7S/c1-5-27(4)35(45-19-18-43(38(45)48)24-30-12-9-13-31(20-30)36(39)42-50)37(47)41-33(21-28-10-7-6-8-11-28)34(46)25-44(23-26(2)3)53(51,52)32-16-14-29(15-17-32)22-40-49/h6-17,20,22,26-27,33-35,46,49-50H,5,18-19,21,23-25H2,1-4H3,(H2,39,42)(H,41,47)/b40-22+/t27-,33-,34+,35-/m0/s1. The summed E-state index contributed by atoms with van der Waals surface area (Å²) in [6, 6.07) is 20.1. The summed E-state index contributed by atoms with van der Waals surface area (Å²) in [4.78, 5) is 31.4. The van der Waals surface area contributed by atoms with Gasteiger partial charge >= 0.3 is 6.03 Å². The molecule has 3 aromatic carbocycles. The zero-order chi connectivity index (χ0) is 38.7. The van der Waals surface area contributed by atoms with Crippen molar-refractivity contribution in [1.82, 2.24) is 19.4 Å². The summed E-state index contributed by atoms with van der Waals surface area (Å²) < 4.78 is 29.1. The maximum Gasteiger partial charge on any atom is 0.321 e. The van der Waals surface area contributed by atoms with Gasteiger partial charge < -0.3 is 36.4 Å². The van der Waals surface area contributed by atoms with Crippen molar-refractivity contribution in [1.29, 1.82) is 0 Å². The van der Waals surface area contributed by atoms with Crippen molar-refractivity contribution >= 4 is 34.0 Å². The number of rotatable bonds is 18. The van der Waals surface area contributed by atoms with Crippen LogP contribution in [0.5, 0.6) is 0 Å². The Hall–Kier alpha value is -4.99. The number of carbonyl (C=O) groups is 2. The molecule has 0 radical (unpaired) electrons. The van der Waals surface area contributed by atoms with E-state index in [0.717, 1.165) is 11.1 Å². The van der Waals surface area contributed by atoms with Crippen LogP contribution in [0, 0.1) is 11.8 Å². The molecular formula is C38H51N7O7S. The Morgan fingerprint density at radius 1 is 0.981 bits per heavy atom. The summed E-state index contributed by atoms with van der Waals surface area (Å²) in [7, 11) is -4.08. The Bertz CT molecular complexity index is 1840. The molecule has 6 N–H and O–H groups in total. The molecule has 0 unspecified atom stereocenters. The molecule has 1 fully saturated rings. The van der Waals surface area contributed by atoms with Crippen LogP contribution in [0.4, 0.5) is 4.79 Å². The fraction of sp³-hybridized carbons (Fsp3) is 0.421. The number of urea groups is 1. The van der Waals surface area contributed by atoms with Gasteiger partial charge in [-0.1, -0.05) is 105 Å². The summed E-state index contributed by atoms with van der Waals surface area (Å²) in [5.74, 6) is -0.812. The van der Waals surface area contributed by atoms with Crippen molar-refractivity contribution in [3.8, 4) is 0 Å². The zero-order valence-corrected chi connectivity index (χ0v) is 31.4.